The van der Waals surface area contributed by atoms with E-state index < -0.39 is 70.9 Å². The summed E-state index contributed by atoms with van der Waals surface area (Å²) in [6.45, 7) is 16.2. The van der Waals surface area contributed by atoms with Gasteiger partial charge in [-0.15, -0.1) is 0 Å². The van der Waals surface area contributed by atoms with E-state index in [1.54, 1.807) is 91.5 Å². The van der Waals surface area contributed by atoms with Crippen molar-refractivity contribution >= 4 is 36.0 Å². The van der Waals surface area contributed by atoms with E-state index >= 15 is 0 Å². The first-order valence-electron chi connectivity index (χ1n) is 20.4. The minimum atomic E-state index is -1.35. The number of rotatable bonds is 7. The molecule has 2 aliphatic heterocycles. The Hall–Kier alpha value is -5.74. The van der Waals surface area contributed by atoms with E-state index in [0.717, 1.165) is 0 Å². The fourth-order valence-electron chi connectivity index (χ4n) is 6.62. The normalized spacial score (nSPS) is 19.4. The maximum absolute atomic E-state index is 14.3. The van der Waals surface area contributed by atoms with Gasteiger partial charge in [0, 0.05) is 38.5 Å². The van der Waals surface area contributed by atoms with Gasteiger partial charge in [-0.25, -0.2) is 14.4 Å². The van der Waals surface area contributed by atoms with Gasteiger partial charge in [0.05, 0.1) is 0 Å². The monoisotopic (exact) mass is 838 g/mol. The van der Waals surface area contributed by atoms with E-state index in [9.17, 15) is 39.0 Å². The van der Waals surface area contributed by atoms with Crippen molar-refractivity contribution < 1.29 is 53.2 Å². The number of alkyl carbamates (subject to hydrolysis) is 2. The van der Waals surface area contributed by atoms with Gasteiger partial charge >= 0.3 is 18.3 Å². The first-order valence-corrected chi connectivity index (χ1v) is 20.4. The summed E-state index contributed by atoms with van der Waals surface area (Å²) >= 11 is 0. The lowest BCUT2D eigenvalue weighted by Crippen LogP contribution is -2.58. The van der Waals surface area contributed by atoms with Gasteiger partial charge in [-0.05, 0) is 135 Å². The van der Waals surface area contributed by atoms with E-state index in [2.05, 4.69) is 26.6 Å². The summed E-state index contributed by atoms with van der Waals surface area (Å²) in [6.07, 6.45) is -1.38. The van der Waals surface area contributed by atoms with Crippen LogP contribution in [0.1, 0.15) is 99.1 Å². The van der Waals surface area contributed by atoms with E-state index in [4.69, 9.17) is 14.2 Å². The first kappa shape index (κ1) is 46.9. The van der Waals surface area contributed by atoms with Gasteiger partial charge < -0.3 is 55.9 Å². The third kappa shape index (κ3) is 14.8. The van der Waals surface area contributed by atoms with Crippen LogP contribution in [0, 0.1) is 0 Å². The van der Waals surface area contributed by atoms with E-state index in [1.165, 1.54) is 12.1 Å². The van der Waals surface area contributed by atoms with Crippen LogP contribution in [-0.4, -0.2) is 112 Å². The number of nitrogens with zero attached hydrogens (tertiary/aromatic N) is 1. The second-order valence-corrected chi connectivity index (χ2v) is 18.2. The Kier molecular flexibility index (Phi) is 15.3. The Balaban J connectivity index is 1.68. The standard InChI is InChI=1S/C43H62N6O11/c1-41(2,3)58-38(55)44-18-10-11-30-35(52)47-31(36(53)45-29-16-19-49(20-17-29)40(57)60-43(7,8)9)23-27-21-25(12-14-33(27)50)26-13-15-34(51)28(22-26)24-32(37(54)46-30)48-39(56)59-42(4,5)6/h12-15,21-22,29-32,50-51H,10-11,16-20,23-24H2,1-9H3,(H,44,55)(H,45,53)(H,46,54)(H,47,52)(H,48,56)/t30-,31-,32-/m0/s1. The summed E-state index contributed by atoms with van der Waals surface area (Å²) < 4.78 is 16.3. The number of ether oxygens (including phenoxy) is 3. The minimum Gasteiger partial charge on any atom is -0.508 e. The number of carbonyl (C=O) groups excluding carboxylic acids is 6. The van der Waals surface area contributed by atoms with Crippen LogP contribution in [0.4, 0.5) is 14.4 Å². The number of carbonyl (C=O) groups is 6. The average Bonchev–Trinajstić information content (AvgIpc) is 3.11. The Labute approximate surface area is 351 Å². The summed E-state index contributed by atoms with van der Waals surface area (Å²) in [5, 5.41) is 35.7. The van der Waals surface area contributed by atoms with Crippen molar-refractivity contribution in [2.45, 2.75) is 142 Å². The molecule has 1 saturated heterocycles. The second kappa shape index (κ2) is 19.5. The van der Waals surface area contributed by atoms with Crippen LogP contribution in [0.25, 0.3) is 11.1 Å². The van der Waals surface area contributed by atoms with Gasteiger partial charge in [0.15, 0.2) is 0 Å². The number of hydrogen-bond donors (Lipinski definition) is 7. The van der Waals surface area contributed by atoms with Crippen LogP contribution in [-0.2, 0) is 41.4 Å². The molecule has 7 N–H and O–H groups in total. The molecule has 1 fully saturated rings. The fraction of sp³-hybridized carbons (Fsp3) is 0.581. The molecule has 6 amide bonds. The molecule has 17 heteroatoms. The molecule has 17 nitrogen and oxygen atoms in total. The molecule has 3 atom stereocenters. The number of nitrogens with one attached hydrogen (secondary N) is 5. The molecule has 330 valence electrons. The molecule has 0 spiro atoms. The molecule has 0 radical (unpaired) electrons. The topological polar surface area (TPSA) is 234 Å². The number of likely N-dealkylation sites (tertiary alicyclic amines) is 1. The average molecular weight is 839 g/mol. The van der Waals surface area contributed by atoms with Crippen molar-refractivity contribution in [2.75, 3.05) is 19.6 Å². The quantitative estimate of drug-likeness (QED) is 0.151. The summed E-state index contributed by atoms with van der Waals surface area (Å²) in [7, 11) is 0. The van der Waals surface area contributed by atoms with E-state index in [-0.39, 0.29) is 49.8 Å². The number of amides is 6. The minimum absolute atomic E-state index is 0.0224. The van der Waals surface area contributed by atoms with Crippen LogP contribution < -0.4 is 26.6 Å². The summed E-state index contributed by atoms with van der Waals surface area (Å²) in [4.78, 5) is 82.3. The van der Waals surface area contributed by atoms with Crippen molar-refractivity contribution in [1.29, 1.82) is 0 Å². The molecule has 2 aromatic carbocycles. The summed E-state index contributed by atoms with van der Waals surface area (Å²) in [5.41, 5.74) is -0.476. The van der Waals surface area contributed by atoms with Crippen LogP contribution in [0.2, 0.25) is 0 Å². The fourth-order valence-corrected chi connectivity index (χ4v) is 6.62. The molecule has 2 aliphatic rings. The zero-order valence-electron chi connectivity index (χ0n) is 36.2. The lowest BCUT2D eigenvalue weighted by molar-refractivity contribution is -0.133. The highest BCUT2D eigenvalue weighted by Gasteiger charge is 2.34. The molecule has 0 saturated carbocycles. The van der Waals surface area contributed by atoms with Gasteiger partial charge in [0.25, 0.3) is 0 Å². The molecule has 2 aromatic rings. The molecule has 0 aromatic heterocycles. The number of piperidine rings is 1. The molecule has 0 unspecified atom stereocenters. The van der Waals surface area contributed by atoms with Crippen LogP contribution in [0.3, 0.4) is 0 Å². The van der Waals surface area contributed by atoms with Crippen molar-refractivity contribution in [2.24, 2.45) is 0 Å². The smallest absolute Gasteiger partial charge is 0.410 e. The first-order chi connectivity index (χ1) is 27.9. The molecule has 60 heavy (non-hydrogen) atoms. The van der Waals surface area contributed by atoms with Gasteiger partial charge in [0.2, 0.25) is 17.7 Å². The van der Waals surface area contributed by atoms with E-state index in [0.29, 0.717) is 48.2 Å². The Morgan fingerprint density at radius 2 is 1.25 bits per heavy atom. The maximum Gasteiger partial charge on any atom is 0.410 e. The highest BCUT2D eigenvalue weighted by atomic mass is 16.6. The third-order valence-corrected chi connectivity index (χ3v) is 9.44. The number of benzene rings is 2. The predicted molar refractivity (Wildman–Crippen MR) is 222 cm³/mol. The van der Waals surface area contributed by atoms with Crippen LogP contribution in [0.15, 0.2) is 36.4 Å². The van der Waals surface area contributed by atoms with Gasteiger partial charge in [-0.2, -0.15) is 0 Å². The number of phenols is 2. The maximum atomic E-state index is 14.3. The zero-order valence-corrected chi connectivity index (χ0v) is 36.2. The lowest BCUT2D eigenvalue weighted by atomic mass is 9.95. The van der Waals surface area contributed by atoms with Gasteiger partial charge in [0.1, 0.15) is 46.4 Å². The van der Waals surface area contributed by atoms with Gasteiger partial charge in [-0.1, -0.05) is 12.1 Å². The highest BCUT2D eigenvalue weighted by molar-refractivity contribution is 5.94. The number of fused-ring (bicyclic) bond motifs is 5. The van der Waals surface area contributed by atoms with Crippen molar-refractivity contribution in [3.05, 3.63) is 47.5 Å². The molecule has 4 bridgehead atoms. The molecular formula is C43H62N6O11. The third-order valence-electron chi connectivity index (χ3n) is 9.44. The zero-order chi connectivity index (χ0) is 44.6. The Bertz CT molecular complexity index is 1890. The largest absolute Gasteiger partial charge is 0.508 e. The van der Waals surface area contributed by atoms with Crippen LogP contribution in [0.5, 0.6) is 11.5 Å². The lowest BCUT2D eigenvalue weighted by Gasteiger charge is -2.34. The summed E-state index contributed by atoms with van der Waals surface area (Å²) in [5.74, 6) is -2.36. The van der Waals surface area contributed by atoms with Crippen molar-refractivity contribution in [3.8, 4) is 22.6 Å². The molecule has 4 rings (SSSR count). The molecule has 2 heterocycles. The highest BCUT2D eigenvalue weighted by Crippen LogP contribution is 2.31. The Morgan fingerprint density at radius 1 is 0.717 bits per heavy atom. The molecular weight excluding hydrogens is 777 g/mol. The Morgan fingerprint density at radius 3 is 1.80 bits per heavy atom. The van der Waals surface area contributed by atoms with Crippen molar-refractivity contribution in [1.82, 2.24) is 31.5 Å². The number of aromatic hydroxyl groups is 2. The summed E-state index contributed by atoms with van der Waals surface area (Å²) in [6, 6.07) is 5.32. The van der Waals surface area contributed by atoms with Crippen LogP contribution >= 0.6 is 0 Å². The SMILES string of the molecule is CC(C)(C)OC(=O)NCCC[C@@H]1NC(=O)[C@@H](NC(=O)OC(C)(C)C)Cc2cc(ccc2O)-c2ccc(O)c(c2)C[C@@H](C(=O)NC2CCN(C(=O)OC(C)(C)C)CC2)NC1=O. The predicted octanol–water partition coefficient (Wildman–Crippen LogP) is 4.55. The van der Waals surface area contributed by atoms with Gasteiger partial charge in [-0.3, -0.25) is 14.4 Å². The van der Waals surface area contributed by atoms with E-state index in [1.807, 2.05) is 0 Å². The number of phenolic OH excluding ortho intramolecular Hbond substituents is 2. The van der Waals surface area contributed by atoms with Crippen molar-refractivity contribution in [3.63, 3.8) is 0 Å². The number of hydrogen-bond acceptors (Lipinski definition) is 11. The molecule has 0 aliphatic carbocycles. The second-order valence-electron chi connectivity index (χ2n) is 18.2.